The minimum absolute atomic E-state index is 0.0709. The number of rotatable bonds is 5. The Labute approximate surface area is 130 Å². The van der Waals surface area contributed by atoms with E-state index in [-0.39, 0.29) is 24.3 Å². The summed E-state index contributed by atoms with van der Waals surface area (Å²) >= 11 is 0. The molecular formula is C17H22N2O3. The number of hydrogen-bond acceptors (Lipinski definition) is 3. The van der Waals surface area contributed by atoms with Crippen molar-refractivity contribution in [2.24, 2.45) is 0 Å². The molecule has 1 aromatic rings. The average molecular weight is 302 g/mol. The smallest absolute Gasteiger partial charge is 0.246 e. The quantitative estimate of drug-likeness (QED) is 0.837. The van der Waals surface area contributed by atoms with Crippen LogP contribution in [0, 0.1) is 6.92 Å². The van der Waals surface area contributed by atoms with Crippen LogP contribution < -0.4 is 5.32 Å². The first-order valence-electron chi connectivity index (χ1n) is 7.43. The highest BCUT2D eigenvalue weighted by atomic mass is 16.5. The van der Waals surface area contributed by atoms with Gasteiger partial charge in [0.15, 0.2) is 0 Å². The van der Waals surface area contributed by atoms with Gasteiger partial charge in [0.25, 0.3) is 0 Å². The molecule has 0 radical (unpaired) electrons. The number of aryl methyl sites for hydroxylation is 1. The number of carbonyl (C=O) groups excluding carboxylic acids is 2. The Morgan fingerprint density at radius 1 is 1.41 bits per heavy atom. The number of nitrogens with one attached hydrogen (secondary N) is 1. The molecule has 5 heteroatoms. The summed E-state index contributed by atoms with van der Waals surface area (Å²) in [5, 5.41) is 2.88. The largest absolute Gasteiger partial charge is 0.374 e. The summed E-state index contributed by atoms with van der Waals surface area (Å²) in [7, 11) is 0. The fourth-order valence-electron chi connectivity index (χ4n) is 2.36. The zero-order chi connectivity index (χ0) is 15.9. The summed E-state index contributed by atoms with van der Waals surface area (Å²) in [6.45, 7) is 7.44. The van der Waals surface area contributed by atoms with Crippen LogP contribution in [0.25, 0.3) is 0 Å². The molecule has 0 saturated carbocycles. The molecule has 1 fully saturated rings. The highest BCUT2D eigenvalue weighted by molar-refractivity contribution is 5.87. The van der Waals surface area contributed by atoms with Crippen LogP contribution in [0.15, 0.2) is 36.9 Å². The number of nitrogens with zero attached hydrogens (tertiary/aromatic N) is 1. The highest BCUT2D eigenvalue weighted by Crippen LogP contribution is 2.09. The van der Waals surface area contributed by atoms with Crippen LogP contribution in [0.1, 0.15) is 17.5 Å². The number of carbonyl (C=O) groups is 2. The Kier molecular flexibility index (Phi) is 5.72. The molecule has 1 N–H and O–H groups in total. The molecule has 2 amide bonds. The molecule has 0 aromatic heterocycles. The number of morpholine rings is 1. The number of hydrogen-bond donors (Lipinski definition) is 1. The molecule has 1 atom stereocenters. The maximum atomic E-state index is 12.0. The van der Waals surface area contributed by atoms with Crippen molar-refractivity contribution in [2.45, 2.75) is 26.0 Å². The summed E-state index contributed by atoms with van der Waals surface area (Å²) in [4.78, 5) is 25.2. The molecule has 22 heavy (non-hydrogen) atoms. The van der Waals surface area contributed by atoms with E-state index in [1.165, 1.54) is 11.6 Å². The Balaban J connectivity index is 1.77. The second-order valence-corrected chi connectivity index (χ2v) is 5.45. The molecule has 0 unspecified atom stereocenters. The standard InChI is InChI=1S/C17H22N2O3/c1-3-17(21)19-8-9-22-15(12-19)10-16(20)18-11-14-6-4-13(2)5-7-14/h3-7,15H,1,8-12H2,2H3,(H,18,20)/t15-/m1/s1. The summed E-state index contributed by atoms with van der Waals surface area (Å²) in [6.07, 6.45) is 1.29. The van der Waals surface area contributed by atoms with Crippen molar-refractivity contribution in [3.05, 3.63) is 48.0 Å². The van der Waals surface area contributed by atoms with Gasteiger partial charge in [0.1, 0.15) is 0 Å². The van der Waals surface area contributed by atoms with Crippen molar-refractivity contribution in [1.82, 2.24) is 10.2 Å². The lowest BCUT2D eigenvalue weighted by Gasteiger charge is -2.32. The van der Waals surface area contributed by atoms with Crippen LogP contribution in [0.2, 0.25) is 0 Å². The maximum absolute atomic E-state index is 12.0. The van der Waals surface area contributed by atoms with E-state index in [1.807, 2.05) is 31.2 Å². The van der Waals surface area contributed by atoms with E-state index in [1.54, 1.807) is 4.90 Å². The van der Waals surface area contributed by atoms with Gasteiger partial charge in [0, 0.05) is 19.6 Å². The number of amides is 2. The van der Waals surface area contributed by atoms with Gasteiger partial charge in [-0.1, -0.05) is 36.4 Å². The van der Waals surface area contributed by atoms with Crippen LogP contribution in [0.5, 0.6) is 0 Å². The van der Waals surface area contributed by atoms with Gasteiger partial charge in [-0.3, -0.25) is 9.59 Å². The van der Waals surface area contributed by atoms with Crippen molar-refractivity contribution >= 4 is 11.8 Å². The van der Waals surface area contributed by atoms with Gasteiger partial charge in [-0.25, -0.2) is 0 Å². The molecule has 1 aliphatic heterocycles. The van der Waals surface area contributed by atoms with Gasteiger partial charge in [-0.15, -0.1) is 0 Å². The third-order valence-electron chi connectivity index (χ3n) is 3.65. The minimum atomic E-state index is -0.254. The molecule has 2 rings (SSSR count). The topological polar surface area (TPSA) is 58.6 Å². The zero-order valence-electron chi connectivity index (χ0n) is 12.9. The third-order valence-corrected chi connectivity index (χ3v) is 3.65. The van der Waals surface area contributed by atoms with Gasteiger partial charge < -0.3 is 15.0 Å². The molecule has 1 saturated heterocycles. The first-order valence-corrected chi connectivity index (χ1v) is 7.43. The molecule has 5 nitrogen and oxygen atoms in total. The van der Waals surface area contributed by atoms with Crippen LogP contribution >= 0.6 is 0 Å². The molecule has 1 aromatic carbocycles. The number of ether oxygens (including phenoxy) is 1. The molecule has 1 aliphatic rings. The van der Waals surface area contributed by atoms with Crippen LogP contribution in [-0.4, -0.2) is 42.5 Å². The first kappa shape index (κ1) is 16.2. The summed E-state index contributed by atoms with van der Waals surface area (Å²) in [5.41, 5.74) is 2.25. The van der Waals surface area contributed by atoms with Gasteiger partial charge in [-0.05, 0) is 18.6 Å². The molecule has 0 bridgehead atoms. The van der Waals surface area contributed by atoms with Gasteiger partial charge >= 0.3 is 0 Å². The fourth-order valence-corrected chi connectivity index (χ4v) is 2.36. The molecule has 0 spiro atoms. The summed E-state index contributed by atoms with van der Waals surface area (Å²) in [5.74, 6) is -0.188. The van der Waals surface area contributed by atoms with E-state index in [0.29, 0.717) is 26.2 Å². The van der Waals surface area contributed by atoms with Crippen molar-refractivity contribution in [1.29, 1.82) is 0 Å². The predicted molar refractivity (Wildman–Crippen MR) is 84.2 cm³/mol. The molecule has 118 valence electrons. The van der Waals surface area contributed by atoms with E-state index in [0.717, 1.165) is 5.56 Å². The SMILES string of the molecule is C=CC(=O)N1CCO[C@H](CC(=O)NCc2ccc(C)cc2)C1. The Morgan fingerprint density at radius 3 is 2.82 bits per heavy atom. The lowest BCUT2D eigenvalue weighted by atomic mass is 10.1. The fraction of sp³-hybridized carbons (Fsp3) is 0.412. The predicted octanol–water partition coefficient (Wildman–Crippen LogP) is 1.41. The Morgan fingerprint density at radius 2 is 2.14 bits per heavy atom. The number of benzene rings is 1. The van der Waals surface area contributed by atoms with Crippen LogP contribution in [0.4, 0.5) is 0 Å². The van der Waals surface area contributed by atoms with Gasteiger partial charge in [0.2, 0.25) is 11.8 Å². The van der Waals surface area contributed by atoms with Crippen molar-refractivity contribution in [3.8, 4) is 0 Å². The lowest BCUT2D eigenvalue weighted by Crippen LogP contribution is -2.46. The average Bonchev–Trinajstić information content (AvgIpc) is 2.54. The molecule has 0 aliphatic carbocycles. The third kappa shape index (κ3) is 4.70. The maximum Gasteiger partial charge on any atom is 0.246 e. The van der Waals surface area contributed by atoms with E-state index < -0.39 is 0 Å². The second kappa shape index (κ2) is 7.75. The first-order chi connectivity index (χ1) is 10.6. The van der Waals surface area contributed by atoms with Gasteiger partial charge in [-0.2, -0.15) is 0 Å². The Bertz CT molecular complexity index is 539. The van der Waals surface area contributed by atoms with E-state index in [2.05, 4.69) is 11.9 Å². The highest BCUT2D eigenvalue weighted by Gasteiger charge is 2.24. The van der Waals surface area contributed by atoms with E-state index >= 15 is 0 Å². The molecule has 1 heterocycles. The summed E-state index contributed by atoms with van der Waals surface area (Å²) in [6, 6.07) is 8.03. The molecular weight excluding hydrogens is 280 g/mol. The van der Waals surface area contributed by atoms with Crippen molar-refractivity contribution < 1.29 is 14.3 Å². The van der Waals surface area contributed by atoms with E-state index in [9.17, 15) is 9.59 Å². The monoisotopic (exact) mass is 302 g/mol. The lowest BCUT2D eigenvalue weighted by molar-refractivity contribution is -0.137. The van der Waals surface area contributed by atoms with E-state index in [4.69, 9.17) is 4.74 Å². The van der Waals surface area contributed by atoms with Crippen molar-refractivity contribution in [3.63, 3.8) is 0 Å². The van der Waals surface area contributed by atoms with Crippen LogP contribution in [-0.2, 0) is 20.9 Å². The zero-order valence-corrected chi connectivity index (χ0v) is 12.9. The van der Waals surface area contributed by atoms with Gasteiger partial charge in [0.05, 0.1) is 19.1 Å². The minimum Gasteiger partial charge on any atom is -0.374 e. The summed E-state index contributed by atoms with van der Waals surface area (Å²) < 4.78 is 5.55. The van der Waals surface area contributed by atoms with Crippen molar-refractivity contribution in [2.75, 3.05) is 19.7 Å². The van der Waals surface area contributed by atoms with Crippen LogP contribution in [0.3, 0.4) is 0 Å². The normalized spacial score (nSPS) is 17.9. The Hall–Kier alpha value is -2.14. The second-order valence-electron chi connectivity index (χ2n) is 5.45.